The van der Waals surface area contributed by atoms with E-state index in [2.05, 4.69) is 42.0 Å². The van der Waals surface area contributed by atoms with Gasteiger partial charge < -0.3 is 10.1 Å². The van der Waals surface area contributed by atoms with Crippen LogP contribution in [0.15, 0.2) is 22.7 Å². The first-order chi connectivity index (χ1) is 8.45. The third-order valence-electron chi connectivity index (χ3n) is 3.13. The van der Waals surface area contributed by atoms with Gasteiger partial charge in [0.15, 0.2) is 0 Å². The van der Waals surface area contributed by atoms with Crippen LogP contribution in [0.4, 0.5) is 0 Å². The first-order valence-electron chi connectivity index (χ1n) is 6.07. The number of halogens is 1. The van der Waals surface area contributed by atoms with Gasteiger partial charge in [0.1, 0.15) is 5.75 Å². The highest BCUT2D eigenvalue weighted by molar-refractivity contribution is 9.10. The zero-order valence-corrected chi connectivity index (χ0v) is 12.9. The Morgan fingerprint density at radius 3 is 2.61 bits per heavy atom. The van der Waals surface area contributed by atoms with E-state index in [1.165, 1.54) is 0 Å². The van der Waals surface area contributed by atoms with Gasteiger partial charge in [-0.2, -0.15) is 0 Å². The highest BCUT2D eigenvalue weighted by Crippen LogP contribution is 2.23. The minimum atomic E-state index is -0.0909. The SMILES string of the molecule is COc1cc(Br)ccc1C(=O)NCC(C)C(C)C. The molecule has 0 saturated carbocycles. The van der Waals surface area contributed by atoms with Crippen LogP contribution in [0.3, 0.4) is 0 Å². The fourth-order valence-corrected chi connectivity index (χ4v) is 1.78. The molecule has 1 aromatic rings. The van der Waals surface area contributed by atoms with Crippen molar-refractivity contribution in [2.75, 3.05) is 13.7 Å². The summed E-state index contributed by atoms with van der Waals surface area (Å²) >= 11 is 3.36. The molecule has 100 valence electrons. The smallest absolute Gasteiger partial charge is 0.255 e. The number of hydrogen-bond donors (Lipinski definition) is 1. The van der Waals surface area contributed by atoms with Crippen LogP contribution in [0.5, 0.6) is 5.75 Å². The van der Waals surface area contributed by atoms with Gasteiger partial charge in [-0.25, -0.2) is 0 Å². The number of hydrogen-bond acceptors (Lipinski definition) is 2. The molecule has 0 heterocycles. The van der Waals surface area contributed by atoms with Crippen molar-refractivity contribution in [2.24, 2.45) is 11.8 Å². The molecular formula is C14H20BrNO2. The standard InChI is InChI=1S/C14H20BrNO2/c1-9(2)10(3)8-16-14(17)12-6-5-11(15)7-13(12)18-4/h5-7,9-10H,8H2,1-4H3,(H,16,17). The molecule has 0 fully saturated rings. The number of rotatable bonds is 5. The minimum Gasteiger partial charge on any atom is -0.496 e. The van der Waals surface area contributed by atoms with Gasteiger partial charge in [0.2, 0.25) is 0 Å². The maximum atomic E-state index is 12.1. The van der Waals surface area contributed by atoms with Crippen LogP contribution in [0, 0.1) is 11.8 Å². The van der Waals surface area contributed by atoms with Crippen LogP contribution in [0.2, 0.25) is 0 Å². The predicted octanol–water partition coefficient (Wildman–Crippen LogP) is 3.48. The lowest BCUT2D eigenvalue weighted by atomic mass is 9.98. The third kappa shape index (κ3) is 4.02. The Hall–Kier alpha value is -1.03. The molecule has 18 heavy (non-hydrogen) atoms. The highest BCUT2D eigenvalue weighted by atomic mass is 79.9. The van der Waals surface area contributed by atoms with Gasteiger partial charge in [0.25, 0.3) is 5.91 Å². The molecular weight excluding hydrogens is 294 g/mol. The molecule has 0 saturated heterocycles. The molecule has 0 aliphatic heterocycles. The van der Waals surface area contributed by atoms with E-state index in [1.807, 2.05) is 6.07 Å². The number of carbonyl (C=O) groups excluding carboxylic acids is 1. The third-order valence-corrected chi connectivity index (χ3v) is 3.62. The summed E-state index contributed by atoms with van der Waals surface area (Å²) in [5, 5.41) is 2.94. The Kier molecular flexibility index (Phi) is 5.66. The summed E-state index contributed by atoms with van der Waals surface area (Å²) in [5.74, 6) is 1.50. The summed E-state index contributed by atoms with van der Waals surface area (Å²) in [6.45, 7) is 7.10. The second-order valence-electron chi connectivity index (χ2n) is 4.78. The van der Waals surface area contributed by atoms with E-state index in [0.717, 1.165) is 4.47 Å². The molecule has 0 aromatic heterocycles. The number of amides is 1. The second-order valence-corrected chi connectivity index (χ2v) is 5.69. The van der Waals surface area contributed by atoms with Crippen molar-refractivity contribution in [1.29, 1.82) is 0 Å². The van der Waals surface area contributed by atoms with E-state index in [-0.39, 0.29) is 5.91 Å². The molecule has 0 spiro atoms. The summed E-state index contributed by atoms with van der Waals surface area (Å²) in [6, 6.07) is 5.39. The molecule has 1 N–H and O–H groups in total. The maximum Gasteiger partial charge on any atom is 0.255 e. The Balaban J connectivity index is 2.72. The highest BCUT2D eigenvalue weighted by Gasteiger charge is 2.14. The molecule has 1 atom stereocenters. The molecule has 1 amide bonds. The van der Waals surface area contributed by atoms with Gasteiger partial charge in [-0.3, -0.25) is 4.79 Å². The summed E-state index contributed by atoms with van der Waals surface area (Å²) in [4.78, 5) is 12.1. The fraction of sp³-hybridized carbons (Fsp3) is 0.500. The summed E-state index contributed by atoms with van der Waals surface area (Å²) < 4.78 is 6.11. The van der Waals surface area contributed by atoms with Gasteiger partial charge in [-0.05, 0) is 30.0 Å². The van der Waals surface area contributed by atoms with Crippen molar-refractivity contribution >= 4 is 21.8 Å². The number of methoxy groups -OCH3 is 1. The Bertz CT molecular complexity index is 418. The summed E-state index contributed by atoms with van der Waals surface area (Å²) in [7, 11) is 1.56. The maximum absolute atomic E-state index is 12.1. The average molecular weight is 314 g/mol. The van der Waals surface area contributed by atoms with Crippen molar-refractivity contribution in [2.45, 2.75) is 20.8 Å². The monoisotopic (exact) mass is 313 g/mol. The van der Waals surface area contributed by atoms with Crippen molar-refractivity contribution in [1.82, 2.24) is 5.32 Å². The van der Waals surface area contributed by atoms with E-state index in [1.54, 1.807) is 19.2 Å². The largest absolute Gasteiger partial charge is 0.496 e. The fourth-order valence-electron chi connectivity index (χ4n) is 1.44. The van der Waals surface area contributed by atoms with Gasteiger partial charge in [0.05, 0.1) is 12.7 Å². The van der Waals surface area contributed by atoms with Crippen LogP contribution in [-0.2, 0) is 0 Å². The zero-order chi connectivity index (χ0) is 13.7. The van der Waals surface area contributed by atoms with Gasteiger partial charge in [-0.1, -0.05) is 36.7 Å². The number of ether oxygens (including phenoxy) is 1. The van der Waals surface area contributed by atoms with Crippen LogP contribution < -0.4 is 10.1 Å². The topological polar surface area (TPSA) is 38.3 Å². The summed E-state index contributed by atoms with van der Waals surface area (Å²) in [5.41, 5.74) is 0.566. The van der Waals surface area contributed by atoms with E-state index < -0.39 is 0 Å². The van der Waals surface area contributed by atoms with Crippen molar-refractivity contribution < 1.29 is 9.53 Å². The molecule has 0 radical (unpaired) electrons. The normalized spacial score (nSPS) is 12.3. The lowest BCUT2D eigenvalue weighted by Gasteiger charge is -2.16. The van der Waals surface area contributed by atoms with E-state index >= 15 is 0 Å². The molecule has 1 unspecified atom stereocenters. The Morgan fingerprint density at radius 1 is 1.39 bits per heavy atom. The van der Waals surface area contributed by atoms with E-state index in [9.17, 15) is 4.79 Å². The van der Waals surface area contributed by atoms with Gasteiger partial charge in [0, 0.05) is 11.0 Å². The van der Waals surface area contributed by atoms with Crippen LogP contribution in [-0.4, -0.2) is 19.6 Å². The first kappa shape index (κ1) is 15.0. The molecule has 0 aliphatic carbocycles. The molecule has 1 rings (SSSR count). The van der Waals surface area contributed by atoms with Gasteiger partial charge in [-0.15, -0.1) is 0 Å². The van der Waals surface area contributed by atoms with Gasteiger partial charge >= 0.3 is 0 Å². The van der Waals surface area contributed by atoms with Crippen LogP contribution >= 0.6 is 15.9 Å². The van der Waals surface area contributed by atoms with Crippen LogP contribution in [0.25, 0.3) is 0 Å². The van der Waals surface area contributed by atoms with E-state index in [0.29, 0.717) is 29.7 Å². The predicted molar refractivity (Wildman–Crippen MR) is 77.0 cm³/mol. The lowest BCUT2D eigenvalue weighted by Crippen LogP contribution is -2.30. The quantitative estimate of drug-likeness (QED) is 0.903. The Morgan fingerprint density at radius 2 is 2.06 bits per heavy atom. The van der Waals surface area contributed by atoms with Crippen molar-refractivity contribution in [3.8, 4) is 5.75 Å². The number of carbonyl (C=O) groups is 1. The lowest BCUT2D eigenvalue weighted by molar-refractivity contribution is 0.0942. The molecule has 1 aromatic carbocycles. The molecule has 3 nitrogen and oxygen atoms in total. The zero-order valence-electron chi connectivity index (χ0n) is 11.3. The molecule has 0 aliphatic rings. The first-order valence-corrected chi connectivity index (χ1v) is 6.86. The number of benzene rings is 1. The molecule has 4 heteroatoms. The molecule has 0 bridgehead atoms. The Labute approximate surface area is 117 Å². The minimum absolute atomic E-state index is 0.0909. The summed E-state index contributed by atoms with van der Waals surface area (Å²) in [6.07, 6.45) is 0. The number of nitrogens with one attached hydrogen (secondary N) is 1. The average Bonchev–Trinajstić information content (AvgIpc) is 2.34. The van der Waals surface area contributed by atoms with Crippen molar-refractivity contribution in [3.05, 3.63) is 28.2 Å². The second kappa shape index (κ2) is 6.78. The van der Waals surface area contributed by atoms with Crippen molar-refractivity contribution in [3.63, 3.8) is 0 Å². The van der Waals surface area contributed by atoms with Crippen LogP contribution in [0.1, 0.15) is 31.1 Å². The van der Waals surface area contributed by atoms with E-state index in [4.69, 9.17) is 4.74 Å².